The molecule has 1 N–H and O–H groups in total. The number of hydrogen-bond acceptors (Lipinski definition) is 6. The molecule has 1 atom stereocenters. The number of hydrogen-bond donors (Lipinski definition) is 1. The van der Waals surface area contributed by atoms with E-state index in [-0.39, 0.29) is 18.9 Å². The fraction of sp³-hybridized carbons (Fsp3) is 0.737. The van der Waals surface area contributed by atoms with Crippen molar-refractivity contribution >= 4 is 27.3 Å². The van der Waals surface area contributed by atoms with Gasteiger partial charge in [0, 0.05) is 58.3 Å². The Kier molecular flexibility index (Phi) is 7.87. The van der Waals surface area contributed by atoms with Crippen molar-refractivity contribution in [2.75, 3.05) is 52.4 Å². The number of amides is 1. The molecule has 2 fully saturated rings. The molecule has 0 aliphatic carbocycles. The van der Waals surface area contributed by atoms with Gasteiger partial charge in [-0.3, -0.25) is 9.69 Å². The molecule has 0 bridgehead atoms. The van der Waals surface area contributed by atoms with Gasteiger partial charge < -0.3 is 10.2 Å². The van der Waals surface area contributed by atoms with Crippen molar-refractivity contribution in [2.24, 2.45) is 0 Å². The predicted octanol–water partition coefficient (Wildman–Crippen LogP) is 1.44. The van der Waals surface area contributed by atoms with Crippen molar-refractivity contribution in [3.05, 3.63) is 17.5 Å². The minimum Gasteiger partial charge on any atom is -0.340 e. The molecule has 1 amide bonds. The monoisotopic (exact) mass is 428 g/mol. The zero-order valence-electron chi connectivity index (χ0n) is 16.7. The highest BCUT2D eigenvalue weighted by Crippen LogP contribution is 2.22. The first-order valence-electron chi connectivity index (χ1n) is 10.2. The Morgan fingerprint density at radius 1 is 1.25 bits per heavy atom. The summed E-state index contributed by atoms with van der Waals surface area (Å²) in [4.78, 5) is 16.7. The van der Waals surface area contributed by atoms with Crippen molar-refractivity contribution in [3.8, 4) is 0 Å². The number of nitrogens with zero attached hydrogens (tertiary/aromatic N) is 3. The van der Waals surface area contributed by atoms with Gasteiger partial charge >= 0.3 is 0 Å². The minimum absolute atomic E-state index is 0.0409. The quantitative estimate of drug-likeness (QED) is 0.678. The molecule has 2 aliphatic rings. The third-order valence-corrected chi connectivity index (χ3v) is 8.98. The molecule has 2 saturated heterocycles. The lowest BCUT2D eigenvalue weighted by atomic mass is 10.0. The summed E-state index contributed by atoms with van der Waals surface area (Å²) in [6, 6.07) is 3.89. The highest BCUT2D eigenvalue weighted by atomic mass is 32.2. The Morgan fingerprint density at radius 2 is 2.04 bits per heavy atom. The zero-order chi connectivity index (χ0) is 20.0. The lowest BCUT2D eigenvalue weighted by Gasteiger charge is -2.35. The highest BCUT2D eigenvalue weighted by molar-refractivity contribution is 7.91. The number of sulfonamides is 1. The number of piperazine rings is 1. The Morgan fingerprint density at radius 3 is 2.71 bits per heavy atom. The number of carbonyl (C=O) groups excluding carboxylic acids is 1. The standard InChI is InChI=1S/C19H32N4O3S2/c1-17-5-2-3-10-21(17)14-15-23(28(25,26)19-6-4-16-27-19)11-7-18(24)22-12-8-20-9-13-22/h4,6,16-17,20H,2-3,5,7-15H2,1H3/t17-/m1/s1. The maximum Gasteiger partial charge on any atom is 0.252 e. The SMILES string of the molecule is C[C@@H]1CCCCN1CCN(CCC(=O)N1CCNCC1)S(=O)(=O)c1cccs1. The number of likely N-dealkylation sites (tertiary alicyclic amines) is 1. The lowest BCUT2D eigenvalue weighted by Crippen LogP contribution is -2.48. The van der Waals surface area contributed by atoms with E-state index >= 15 is 0 Å². The average molecular weight is 429 g/mol. The van der Waals surface area contributed by atoms with Crippen LogP contribution >= 0.6 is 11.3 Å². The smallest absolute Gasteiger partial charge is 0.252 e. The van der Waals surface area contributed by atoms with E-state index in [1.54, 1.807) is 17.5 Å². The van der Waals surface area contributed by atoms with E-state index in [1.165, 1.54) is 34.9 Å². The summed E-state index contributed by atoms with van der Waals surface area (Å²) in [5.74, 6) is 0.0409. The first kappa shape index (κ1) is 21.7. The second-order valence-electron chi connectivity index (χ2n) is 7.60. The van der Waals surface area contributed by atoms with Crippen LogP contribution in [-0.2, 0) is 14.8 Å². The molecular formula is C19H32N4O3S2. The first-order valence-corrected chi connectivity index (χ1v) is 12.6. The van der Waals surface area contributed by atoms with Gasteiger partial charge in [-0.2, -0.15) is 4.31 Å². The van der Waals surface area contributed by atoms with Gasteiger partial charge in [0.1, 0.15) is 4.21 Å². The van der Waals surface area contributed by atoms with E-state index in [0.717, 1.165) is 19.6 Å². The molecule has 7 nitrogen and oxygen atoms in total. The summed E-state index contributed by atoms with van der Waals surface area (Å²) in [5.41, 5.74) is 0. The first-order chi connectivity index (χ1) is 13.5. The molecule has 3 heterocycles. The lowest BCUT2D eigenvalue weighted by molar-refractivity contribution is -0.131. The molecule has 158 valence electrons. The Labute approximate surface area is 172 Å². The van der Waals surface area contributed by atoms with Gasteiger partial charge in [-0.25, -0.2) is 8.42 Å². The third kappa shape index (κ3) is 5.54. The average Bonchev–Trinajstić information content (AvgIpc) is 3.25. The number of carbonyl (C=O) groups is 1. The van der Waals surface area contributed by atoms with Gasteiger partial charge in [-0.1, -0.05) is 12.5 Å². The minimum atomic E-state index is -3.56. The molecule has 0 radical (unpaired) electrons. The van der Waals surface area contributed by atoms with E-state index < -0.39 is 10.0 Å². The maximum atomic E-state index is 13.1. The van der Waals surface area contributed by atoms with Crippen LogP contribution < -0.4 is 5.32 Å². The van der Waals surface area contributed by atoms with Crippen LogP contribution in [0.4, 0.5) is 0 Å². The number of rotatable bonds is 8. The Hall–Kier alpha value is -1.00. The molecule has 28 heavy (non-hydrogen) atoms. The Bertz CT molecular complexity index is 718. The van der Waals surface area contributed by atoms with Crippen molar-refractivity contribution in [3.63, 3.8) is 0 Å². The van der Waals surface area contributed by atoms with Crippen molar-refractivity contribution < 1.29 is 13.2 Å². The van der Waals surface area contributed by atoms with E-state index in [1.807, 2.05) is 4.90 Å². The van der Waals surface area contributed by atoms with Crippen LogP contribution in [0.2, 0.25) is 0 Å². The highest BCUT2D eigenvalue weighted by Gasteiger charge is 2.28. The molecule has 0 spiro atoms. The van der Waals surface area contributed by atoms with Crippen LogP contribution in [0.25, 0.3) is 0 Å². The van der Waals surface area contributed by atoms with Gasteiger partial charge in [0.2, 0.25) is 5.91 Å². The van der Waals surface area contributed by atoms with E-state index in [0.29, 0.717) is 36.4 Å². The van der Waals surface area contributed by atoms with Crippen LogP contribution in [0, 0.1) is 0 Å². The van der Waals surface area contributed by atoms with Gasteiger partial charge in [-0.15, -0.1) is 11.3 Å². The molecular weight excluding hydrogens is 396 g/mol. The molecule has 9 heteroatoms. The van der Waals surface area contributed by atoms with Gasteiger partial charge in [0.25, 0.3) is 10.0 Å². The zero-order valence-corrected chi connectivity index (χ0v) is 18.3. The van der Waals surface area contributed by atoms with E-state index in [4.69, 9.17) is 0 Å². The summed E-state index contributed by atoms with van der Waals surface area (Å²) < 4.78 is 28.1. The van der Waals surface area contributed by atoms with Crippen LogP contribution in [0.1, 0.15) is 32.6 Å². The topological polar surface area (TPSA) is 73.0 Å². The maximum absolute atomic E-state index is 13.1. The predicted molar refractivity (Wildman–Crippen MR) is 112 cm³/mol. The normalized spacial score (nSPS) is 21.9. The molecule has 0 aromatic carbocycles. The van der Waals surface area contributed by atoms with E-state index in [2.05, 4.69) is 17.1 Å². The van der Waals surface area contributed by atoms with Crippen molar-refractivity contribution in [1.82, 2.24) is 19.4 Å². The third-order valence-electron chi connectivity index (χ3n) is 5.71. The summed E-state index contributed by atoms with van der Waals surface area (Å²) in [7, 11) is -3.56. The van der Waals surface area contributed by atoms with Crippen LogP contribution in [0.15, 0.2) is 21.7 Å². The molecule has 0 saturated carbocycles. The number of thiophene rings is 1. The summed E-state index contributed by atoms with van der Waals surface area (Å²) >= 11 is 1.24. The van der Waals surface area contributed by atoms with Gasteiger partial charge in [-0.05, 0) is 37.8 Å². The molecule has 1 aromatic heterocycles. The van der Waals surface area contributed by atoms with Crippen LogP contribution in [0.5, 0.6) is 0 Å². The second-order valence-corrected chi connectivity index (χ2v) is 10.7. The van der Waals surface area contributed by atoms with Crippen molar-refractivity contribution in [2.45, 2.75) is 42.9 Å². The van der Waals surface area contributed by atoms with Crippen LogP contribution in [-0.4, -0.2) is 86.8 Å². The summed E-state index contributed by atoms with van der Waals surface area (Å²) in [6.45, 7) is 7.62. The molecule has 0 unspecified atom stereocenters. The summed E-state index contributed by atoms with van der Waals surface area (Å²) in [6.07, 6.45) is 3.82. The van der Waals surface area contributed by atoms with Crippen LogP contribution in [0.3, 0.4) is 0 Å². The van der Waals surface area contributed by atoms with Gasteiger partial charge in [0.15, 0.2) is 0 Å². The number of nitrogens with one attached hydrogen (secondary N) is 1. The molecule has 2 aliphatic heterocycles. The fourth-order valence-corrected chi connectivity index (χ4v) is 6.49. The Balaban J connectivity index is 1.64. The van der Waals surface area contributed by atoms with E-state index in [9.17, 15) is 13.2 Å². The van der Waals surface area contributed by atoms with Crippen molar-refractivity contribution in [1.29, 1.82) is 0 Å². The largest absolute Gasteiger partial charge is 0.340 e. The second kappa shape index (κ2) is 10.2. The van der Waals surface area contributed by atoms with Gasteiger partial charge in [0.05, 0.1) is 0 Å². The molecule has 1 aromatic rings. The number of piperidine rings is 1. The fourth-order valence-electron chi connectivity index (χ4n) is 3.91. The summed E-state index contributed by atoms with van der Waals surface area (Å²) in [5, 5.41) is 5.02. The molecule has 3 rings (SSSR count).